The lowest BCUT2D eigenvalue weighted by atomic mass is 10.2. The second-order valence-corrected chi connectivity index (χ2v) is 8.25. The van der Waals surface area contributed by atoms with E-state index in [9.17, 15) is 17.6 Å². The van der Waals surface area contributed by atoms with Crippen LogP contribution >= 0.6 is 38.9 Å². The fraction of sp³-hybridized carbons (Fsp3) is 0.0833. The highest BCUT2D eigenvalue weighted by Crippen LogP contribution is 2.30. The standard InChI is InChI=1S/C12H7BrClFO4S2/c13-8-1-2-20-10(8)5-21(18,19)6-3-7(12(16)17)11(14)9(15)4-6/h1-4H,5H2,(H,16,17). The first-order valence-electron chi connectivity index (χ1n) is 5.39. The molecule has 112 valence electrons. The van der Waals surface area contributed by atoms with E-state index in [4.69, 9.17) is 16.7 Å². The highest BCUT2D eigenvalue weighted by Gasteiger charge is 2.23. The summed E-state index contributed by atoms with van der Waals surface area (Å²) in [7, 11) is -3.88. The number of carboxylic acid groups (broad SMARTS) is 1. The number of halogens is 3. The Bertz CT molecular complexity index is 817. The quantitative estimate of drug-likeness (QED) is 0.823. The lowest BCUT2D eigenvalue weighted by Gasteiger charge is -2.07. The number of rotatable bonds is 4. The first-order valence-corrected chi connectivity index (χ1v) is 9.09. The number of hydrogen-bond acceptors (Lipinski definition) is 4. The Hall–Kier alpha value is -0.960. The van der Waals surface area contributed by atoms with Gasteiger partial charge in [-0.25, -0.2) is 17.6 Å². The van der Waals surface area contributed by atoms with Crippen molar-refractivity contribution in [2.24, 2.45) is 0 Å². The van der Waals surface area contributed by atoms with Gasteiger partial charge < -0.3 is 5.11 Å². The van der Waals surface area contributed by atoms with Crippen molar-refractivity contribution in [2.45, 2.75) is 10.6 Å². The van der Waals surface area contributed by atoms with E-state index in [0.29, 0.717) is 9.35 Å². The minimum absolute atomic E-state index is 0.356. The fourth-order valence-corrected chi connectivity index (χ4v) is 5.22. The molecule has 1 heterocycles. The van der Waals surface area contributed by atoms with Gasteiger partial charge in [-0.2, -0.15) is 0 Å². The van der Waals surface area contributed by atoms with Crippen LogP contribution in [0.3, 0.4) is 0 Å². The van der Waals surface area contributed by atoms with E-state index >= 15 is 0 Å². The number of carboxylic acids is 1. The summed E-state index contributed by atoms with van der Waals surface area (Å²) in [6, 6.07) is 3.29. The SMILES string of the molecule is O=C(O)c1cc(S(=O)(=O)Cc2sccc2Br)cc(F)c1Cl. The van der Waals surface area contributed by atoms with Crippen molar-refractivity contribution in [1.82, 2.24) is 0 Å². The minimum atomic E-state index is -3.88. The number of aromatic carboxylic acids is 1. The van der Waals surface area contributed by atoms with Crippen molar-refractivity contribution in [3.05, 3.63) is 49.3 Å². The van der Waals surface area contributed by atoms with Crippen LogP contribution in [-0.4, -0.2) is 19.5 Å². The van der Waals surface area contributed by atoms with E-state index in [1.54, 1.807) is 11.4 Å². The van der Waals surface area contributed by atoms with Gasteiger partial charge in [-0.3, -0.25) is 0 Å². The van der Waals surface area contributed by atoms with Crippen molar-refractivity contribution in [3.8, 4) is 0 Å². The minimum Gasteiger partial charge on any atom is -0.478 e. The third kappa shape index (κ3) is 3.45. The zero-order valence-corrected chi connectivity index (χ0v) is 14.1. The number of hydrogen-bond donors (Lipinski definition) is 1. The second kappa shape index (κ2) is 6.04. The largest absolute Gasteiger partial charge is 0.478 e. The van der Waals surface area contributed by atoms with E-state index < -0.39 is 37.1 Å². The summed E-state index contributed by atoms with van der Waals surface area (Å²) >= 11 is 9.96. The molecule has 0 spiro atoms. The van der Waals surface area contributed by atoms with E-state index in [1.165, 1.54) is 11.3 Å². The normalized spacial score (nSPS) is 11.6. The number of carbonyl (C=O) groups is 1. The van der Waals surface area contributed by atoms with Gasteiger partial charge >= 0.3 is 5.97 Å². The van der Waals surface area contributed by atoms with Crippen LogP contribution in [0.15, 0.2) is 32.9 Å². The van der Waals surface area contributed by atoms with Crippen LogP contribution < -0.4 is 0 Å². The molecule has 2 aromatic rings. The van der Waals surface area contributed by atoms with Crippen LogP contribution in [0.4, 0.5) is 4.39 Å². The Kier molecular flexibility index (Phi) is 4.72. The lowest BCUT2D eigenvalue weighted by molar-refractivity contribution is 0.0696. The molecule has 1 N–H and O–H groups in total. The zero-order chi connectivity index (χ0) is 15.8. The van der Waals surface area contributed by atoms with Gasteiger partial charge in [0.2, 0.25) is 0 Å². The van der Waals surface area contributed by atoms with Gasteiger partial charge in [-0.1, -0.05) is 11.6 Å². The highest BCUT2D eigenvalue weighted by molar-refractivity contribution is 9.10. The summed E-state index contributed by atoms with van der Waals surface area (Å²) in [4.78, 5) is 11.1. The molecule has 0 amide bonds. The molecule has 0 saturated heterocycles. The Balaban J connectivity index is 2.50. The van der Waals surface area contributed by atoms with E-state index in [0.717, 1.165) is 12.1 Å². The monoisotopic (exact) mass is 412 g/mol. The maximum atomic E-state index is 13.6. The molecule has 2 rings (SSSR count). The first kappa shape index (κ1) is 16.4. The van der Waals surface area contributed by atoms with Crippen molar-refractivity contribution in [1.29, 1.82) is 0 Å². The van der Waals surface area contributed by atoms with Crippen molar-refractivity contribution in [3.63, 3.8) is 0 Å². The molecule has 0 fully saturated rings. The Morgan fingerprint density at radius 2 is 2.10 bits per heavy atom. The lowest BCUT2D eigenvalue weighted by Crippen LogP contribution is -2.08. The molecule has 0 radical (unpaired) electrons. The molecule has 0 atom stereocenters. The molecule has 21 heavy (non-hydrogen) atoms. The molecule has 0 unspecified atom stereocenters. The third-order valence-electron chi connectivity index (χ3n) is 2.60. The molecule has 0 aliphatic heterocycles. The smallest absolute Gasteiger partial charge is 0.337 e. The highest BCUT2D eigenvalue weighted by atomic mass is 79.9. The van der Waals surface area contributed by atoms with Crippen LogP contribution in [0.25, 0.3) is 0 Å². The Morgan fingerprint density at radius 1 is 1.43 bits per heavy atom. The number of sulfone groups is 1. The number of benzene rings is 1. The van der Waals surface area contributed by atoms with E-state index in [-0.39, 0.29) is 5.75 Å². The van der Waals surface area contributed by atoms with E-state index in [2.05, 4.69) is 15.9 Å². The fourth-order valence-electron chi connectivity index (χ4n) is 1.58. The average molecular weight is 414 g/mol. The molecule has 1 aromatic carbocycles. The molecule has 9 heteroatoms. The predicted molar refractivity (Wildman–Crippen MR) is 81.3 cm³/mol. The van der Waals surface area contributed by atoms with E-state index in [1.807, 2.05) is 0 Å². The maximum Gasteiger partial charge on any atom is 0.337 e. The summed E-state index contributed by atoms with van der Waals surface area (Å²) < 4.78 is 38.8. The average Bonchev–Trinajstić information content (AvgIpc) is 2.77. The molecule has 0 bridgehead atoms. The van der Waals surface area contributed by atoms with Crippen molar-refractivity contribution in [2.75, 3.05) is 0 Å². The van der Waals surface area contributed by atoms with Gasteiger partial charge in [-0.15, -0.1) is 11.3 Å². The second-order valence-electron chi connectivity index (χ2n) is 4.02. The van der Waals surface area contributed by atoms with Crippen LogP contribution in [-0.2, 0) is 15.6 Å². The van der Waals surface area contributed by atoms with Gasteiger partial charge in [0.05, 0.1) is 21.2 Å². The summed E-state index contributed by atoms with van der Waals surface area (Å²) in [5.41, 5.74) is -0.583. The first-order chi connectivity index (χ1) is 9.72. The van der Waals surface area contributed by atoms with Crippen LogP contribution in [0.2, 0.25) is 5.02 Å². The van der Waals surface area contributed by atoms with Crippen LogP contribution in [0.1, 0.15) is 15.2 Å². The molecule has 0 saturated carbocycles. The van der Waals surface area contributed by atoms with Crippen molar-refractivity contribution < 1.29 is 22.7 Å². The van der Waals surface area contributed by atoms with Gasteiger partial charge in [0.25, 0.3) is 0 Å². The molecule has 4 nitrogen and oxygen atoms in total. The predicted octanol–water partition coefficient (Wildman–Crippen LogP) is 3.98. The molecule has 0 aliphatic carbocycles. The molecule has 0 aliphatic rings. The summed E-state index contributed by atoms with van der Waals surface area (Å²) in [5, 5.41) is 10.0. The summed E-state index contributed by atoms with van der Waals surface area (Å²) in [6.07, 6.45) is 0. The summed E-state index contributed by atoms with van der Waals surface area (Å²) in [5.74, 6) is -2.93. The van der Waals surface area contributed by atoms with Gasteiger partial charge in [0.1, 0.15) is 5.82 Å². The zero-order valence-electron chi connectivity index (χ0n) is 10.1. The van der Waals surface area contributed by atoms with Gasteiger partial charge in [0.15, 0.2) is 9.84 Å². The third-order valence-corrected chi connectivity index (χ3v) is 6.72. The van der Waals surface area contributed by atoms with Gasteiger partial charge in [-0.05, 0) is 39.5 Å². The number of thiophene rings is 1. The molecule has 1 aromatic heterocycles. The molecular weight excluding hydrogens is 407 g/mol. The summed E-state index contributed by atoms with van der Waals surface area (Å²) in [6.45, 7) is 0. The molecular formula is C12H7BrClFO4S2. The van der Waals surface area contributed by atoms with Gasteiger partial charge in [0, 0.05) is 9.35 Å². The maximum absolute atomic E-state index is 13.6. The topological polar surface area (TPSA) is 71.4 Å². The Morgan fingerprint density at radius 3 is 2.62 bits per heavy atom. The van der Waals surface area contributed by atoms with Crippen molar-refractivity contribution >= 4 is 54.7 Å². The Labute approximate surface area is 137 Å². The van der Waals surface area contributed by atoms with Crippen LogP contribution in [0.5, 0.6) is 0 Å². The van der Waals surface area contributed by atoms with Crippen LogP contribution in [0, 0.1) is 5.82 Å².